The van der Waals surface area contributed by atoms with Gasteiger partial charge in [-0.3, -0.25) is 0 Å². The summed E-state index contributed by atoms with van der Waals surface area (Å²) in [4.78, 5) is 0. The summed E-state index contributed by atoms with van der Waals surface area (Å²) in [5.74, 6) is 0. The van der Waals surface area contributed by atoms with Crippen LogP contribution in [-0.2, 0) is 0 Å². The van der Waals surface area contributed by atoms with Gasteiger partial charge in [0.05, 0.1) is 23.6 Å². The van der Waals surface area contributed by atoms with Crippen LogP contribution in [0.2, 0.25) is 0 Å². The first kappa shape index (κ1) is 13.7. The fraction of sp³-hybridized carbons (Fsp3) is 0.467. The second-order valence-corrected chi connectivity index (χ2v) is 4.66. The first-order chi connectivity index (χ1) is 9.36. The van der Waals surface area contributed by atoms with Crippen molar-refractivity contribution >= 4 is 0 Å². The van der Waals surface area contributed by atoms with E-state index >= 15 is 0 Å². The molecule has 1 atom stereocenters. The van der Waals surface area contributed by atoms with Crippen LogP contribution < -0.4 is 5.32 Å². The highest BCUT2D eigenvalue weighted by Gasteiger charge is 2.16. The number of rotatable bonds is 7. The Morgan fingerprint density at radius 3 is 2.68 bits per heavy atom. The van der Waals surface area contributed by atoms with Crippen LogP contribution in [0, 0.1) is 0 Å². The van der Waals surface area contributed by atoms with E-state index in [4.69, 9.17) is 0 Å². The van der Waals surface area contributed by atoms with Gasteiger partial charge in [-0.2, -0.15) is 0 Å². The minimum absolute atomic E-state index is 0.320. The van der Waals surface area contributed by atoms with Crippen LogP contribution in [0.4, 0.5) is 0 Å². The third-order valence-corrected chi connectivity index (χ3v) is 3.23. The molecule has 2 aromatic rings. The number of nitrogens with one attached hydrogen (secondary N) is 1. The maximum absolute atomic E-state index is 4.22. The van der Waals surface area contributed by atoms with Gasteiger partial charge in [0.1, 0.15) is 0 Å². The van der Waals surface area contributed by atoms with E-state index in [1.807, 2.05) is 29.1 Å². The van der Waals surface area contributed by atoms with Crippen molar-refractivity contribution in [2.45, 2.75) is 39.2 Å². The average molecular weight is 258 g/mol. The molecule has 1 aromatic heterocycles. The lowest BCUT2D eigenvalue weighted by Gasteiger charge is -2.18. The van der Waals surface area contributed by atoms with Gasteiger partial charge in [0.2, 0.25) is 0 Å². The van der Waals surface area contributed by atoms with Crippen LogP contribution in [0.15, 0.2) is 36.5 Å². The van der Waals surface area contributed by atoms with Crippen molar-refractivity contribution in [2.75, 3.05) is 6.54 Å². The van der Waals surface area contributed by atoms with Crippen molar-refractivity contribution in [3.8, 4) is 5.69 Å². The zero-order valence-corrected chi connectivity index (χ0v) is 11.7. The third-order valence-electron chi connectivity index (χ3n) is 3.23. The molecule has 4 heteroatoms. The minimum Gasteiger partial charge on any atom is -0.309 e. The lowest BCUT2D eigenvalue weighted by Crippen LogP contribution is -2.23. The second kappa shape index (κ2) is 7.04. The smallest absolute Gasteiger partial charge is 0.0815 e. The lowest BCUT2D eigenvalue weighted by atomic mass is 10.1. The largest absolute Gasteiger partial charge is 0.309 e. The molecule has 1 heterocycles. The highest BCUT2D eigenvalue weighted by atomic mass is 15.4. The van der Waals surface area contributed by atoms with E-state index in [1.165, 1.54) is 12.8 Å². The van der Waals surface area contributed by atoms with E-state index in [0.29, 0.717) is 6.04 Å². The monoisotopic (exact) mass is 258 g/mol. The summed E-state index contributed by atoms with van der Waals surface area (Å²) in [6, 6.07) is 10.5. The Morgan fingerprint density at radius 1 is 1.21 bits per heavy atom. The Labute approximate surface area is 114 Å². The summed E-state index contributed by atoms with van der Waals surface area (Å²) in [6.07, 6.45) is 5.40. The molecule has 0 saturated heterocycles. The number of nitrogens with zero attached hydrogens (tertiary/aromatic N) is 3. The van der Waals surface area contributed by atoms with Gasteiger partial charge in [-0.05, 0) is 25.1 Å². The molecular weight excluding hydrogens is 236 g/mol. The zero-order valence-electron chi connectivity index (χ0n) is 11.7. The van der Waals surface area contributed by atoms with E-state index < -0.39 is 0 Å². The highest BCUT2D eigenvalue weighted by molar-refractivity contribution is 5.32. The normalized spacial score (nSPS) is 12.5. The van der Waals surface area contributed by atoms with Gasteiger partial charge in [0.25, 0.3) is 0 Å². The fourth-order valence-corrected chi connectivity index (χ4v) is 2.26. The number of aromatic nitrogens is 3. The number of hydrogen-bond donors (Lipinski definition) is 1. The zero-order chi connectivity index (χ0) is 13.5. The van der Waals surface area contributed by atoms with Crippen molar-refractivity contribution in [1.29, 1.82) is 0 Å². The van der Waals surface area contributed by atoms with Gasteiger partial charge in [0, 0.05) is 0 Å². The van der Waals surface area contributed by atoms with Crippen molar-refractivity contribution in [1.82, 2.24) is 20.3 Å². The first-order valence-electron chi connectivity index (χ1n) is 7.06. The average Bonchev–Trinajstić information content (AvgIpc) is 2.93. The number of unbranched alkanes of at least 4 members (excludes halogenated alkanes) is 1. The van der Waals surface area contributed by atoms with Gasteiger partial charge < -0.3 is 5.32 Å². The van der Waals surface area contributed by atoms with Crippen molar-refractivity contribution in [3.63, 3.8) is 0 Å². The lowest BCUT2D eigenvalue weighted by molar-refractivity contribution is 0.473. The maximum atomic E-state index is 4.22. The molecule has 0 aliphatic carbocycles. The summed E-state index contributed by atoms with van der Waals surface area (Å²) < 4.78 is 1.93. The molecule has 0 bridgehead atoms. The molecule has 1 N–H and O–H groups in total. The van der Waals surface area contributed by atoms with Gasteiger partial charge in [-0.15, -0.1) is 5.10 Å². The minimum atomic E-state index is 0.320. The summed E-state index contributed by atoms with van der Waals surface area (Å²) in [5, 5.41) is 11.8. The molecule has 0 fully saturated rings. The summed E-state index contributed by atoms with van der Waals surface area (Å²) in [6.45, 7) is 5.31. The Bertz CT molecular complexity index is 478. The van der Waals surface area contributed by atoms with Crippen LogP contribution >= 0.6 is 0 Å². The molecule has 4 nitrogen and oxygen atoms in total. The predicted molar refractivity (Wildman–Crippen MR) is 77.3 cm³/mol. The van der Waals surface area contributed by atoms with Gasteiger partial charge in [-0.1, -0.05) is 50.1 Å². The molecular formula is C15H22N4. The molecule has 2 rings (SSSR count). The standard InChI is InChI=1S/C15H22N4/c1-3-5-11-14(16-4-2)15-12-17-18-19(15)13-9-7-6-8-10-13/h6-10,12,14,16H,3-5,11H2,1-2H3. The van der Waals surface area contributed by atoms with Gasteiger partial charge >= 0.3 is 0 Å². The van der Waals surface area contributed by atoms with E-state index in [9.17, 15) is 0 Å². The quantitative estimate of drug-likeness (QED) is 0.829. The van der Waals surface area contributed by atoms with Crippen molar-refractivity contribution in [2.24, 2.45) is 0 Å². The van der Waals surface area contributed by atoms with Crippen LogP contribution in [0.5, 0.6) is 0 Å². The van der Waals surface area contributed by atoms with Crippen LogP contribution in [0.3, 0.4) is 0 Å². The maximum Gasteiger partial charge on any atom is 0.0815 e. The third kappa shape index (κ3) is 3.41. The van der Waals surface area contributed by atoms with Crippen LogP contribution in [-0.4, -0.2) is 21.5 Å². The van der Waals surface area contributed by atoms with E-state index in [2.05, 4.69) is 41.6 Å². The Hall–Kier alpha value is -1.68. The first-order valence-corrected chi connectivity index (χ1v) is 7.06. The number of hydrogen-bond acceptors (Lipinski definition) is 3. The SMILES string of the molecule is CCCCC(NCC)c1cnnn1-c1ccccc1. The molecule has 0 spiro atoms. The summed E-state index contributed by atoms with van der Waals surface area (Å²) >= 11 is 0. The number of para-hydroxylation sites is 1. The van der Waals surface area contributed by atoms with Crippen LogP contribution in [0.1, 0.15) is 44.8 Å². The summed E-state index contributed by atoms with van der Waals surface area (Å²) in [7, 11) is 0. The second-order valence-electron chi connectivity index (χ2n) is 4.66. The van der Waals surface area contributed by atoms with E-state index in [1.54, 1.807) is 0 Å². The highest BCUT2D eigenvalue weighted by Crippen LogP contribution is 2.21. The Balaban J connectivity index is 2.26. The van der Waals surface area contributed by atoms with E-state index in [0.717, 1.165) is 24.3 Å². The Kier molecular flexibility index (Phi) is 5.10. The molecule has 0 aliphatic rings. The van der Waals surface area contributed by atoms with Crippen LogP contribution in [0.25, 0.3) is 5.69 Å². The molecule has 19 heavy (non-hydrogen) atoms. The molecule has 0 saturated carbocycles. The Morgan fingerprint density at radius 2 is 2.00 bits per heavy atom. The van der Waals surface area contributed by atoms with Gasteiger partial charge in [-0.25, -0.2) is 4.68 Å². The van der Waals surface area contributed by atoms with Crippen molar-refractivity contribution in [3.05, 3.63) is 42.2 Å². The molecule has 0 aliphatic heterocycles. The van der Waals surface area contributed by atoms with Crippen molar-refractivity contribution < 1.29 is 0 Å². The van der Waals surface area contributed by atoms with E-state index in [-0.39, 0.29) is 0 Å². The topological polar surface area (TPSA) is 42.7 Å². The fourth-order valence-electron chi connectivity index (χ4n) is 2.26. The number of benzene rings is 1. The summed E-state index contributed by atoms with van der Waals surface area (Å²) in [5.41, 5.74) is 2.20. The molecule has 1 aromatic carbocycles. The molecule has 1 unspecified atom stereocenters. The van der Waals surface area contributed by atoms with Gasteiger partial charge in [0.15, 0.2) is 0 Å². The predicted octanol–water partition coefficient (Wildman–Crippen LogP) is 3.11. The molecule has 0 amide bonds. The molecule has 102 valence electrons. The molecule has 0 radical (unpaired) electrons.